The molecule has 136 valence electrons. The van der Waals surface area contributed by atoms with Gasteiger partial charge in [0.1, 0.15) is 6.04 Å². The van der Waals surface area contributed by atoms with Crippen molar-refractivity contribution in [2.75, 3.05) is 0 Å². The van der Waals surface area contributed by atoms with Gasteiger partial charge in [0.15, 0.2) is 0 Å². The number of carbonyl (C=O) groups is 2. The van der Waals surface area contributed by atoms with Crippen LogP contribution in [-0.4, -0.2) is 23.9 Å². The Hall–Kier alpha value is -1.06. The van der Waals surface area contributed by atoms with Crippen LogP contribution in [0, 0.1) is 29.1 Å². The fourth-order valence-corrected chi connectivity index (χ4v) is 5.65. The van der Waals surface area contributed by atoms with E-state index in [0.717, 1.165) is 43.4 Å². The molecular formula is C20H34N2O2. The van der Waals surface area contributed by atoms with E-state index in [1.165, 1.54) is 19.3 Å². The van der Waals surface area contributed by atoms with Crippen molar-refractivity contribution in [2.45, 2.75) is 84.7 Å². The second-order valence-electron chi connectivity index (χ2n) is 9.21. The fraction of sp³-hybridized carbons (Fsp3) is 0.900. The SMILES string of the molecule is CCC(C)NC(=O)C(NC(=O)C12CC3CC(CC(C3)C1)C2)C(C)C. The lowest BCUT2D eigenvalue weighted by Crippen LogP contribution is -2.59. The van der Waals surface area contributed by atoms with Crippen LogP contribution in [0.15, 0.2) is 0 Å². The molecule has 0 spiro atoms. The van der Waals surface area contributed by atoms with E-state index in [9.17, 15) is 9.59 Å². The van der Waals surface area contributed by atoms with Gasteiger partial charge in [-0.25, -0.2) is 0 Å². The van der Waals surface area contributed by atoms with Gasteiger partial charge in [-0.05, 0) is 75.5 Å². The molecule has 4 aliphatic rings. The molecule has 4 heteroatoms. The first-order chi connectivity index (χ1) is 11.3. The highest BCUT2D eigenvalue weighted by Crippen LogP contribution is 2.60. The van der Waals surface area contributed by atoms with Gasteiger partial charge in [-0.15, -0.1) is 0 Å². The van der Waals surface area contributed by atoms with Gasteiger partial charge in [0.2, 0.25) is 11.8 Å². The van der Waals surface area contributed by atoms with Crippen molar-refractivity contribution in [3.63, 3.8) is 0 Å². The molecule has 4 fully saturated rings. The van der Waals surface area contributed by atoms with E-state index in [-0.39, 0.29) is 29.2 Å². The molecule has 0 radical (unpaired) electrons. The van der Waals surface area contributed by atoms with E-state index in [1.807, 2.05) is 20.8 Å². The van der Waals surface area contributed by atoms with Crippen molar-refractivity contribution in [1.82, 2.24) is 10.6 Å². The van der Waals surface area contributed by atoms with Crippen LogP contribution in [0.3, 0.4) is 0 Å². The zero-order valence-electron chi connectivity index (χ0n) is 15.7. The summed E-state index contributed by atoms with van der Waals surface area (Å²) in [6, 6.07) is -0.269. The van der Waals surface area contributed by atoms with Crippen molar-refractivity contribution in [3.05, 3.63) is 0 Å². The number of nitrogens with one attached hydrogen (secondary N) is 2. The fourth-order valence-electron chi connectivity index (χ4n) is 5.65. The van der Waals surface area contributed by atoms with E-state index in [1.54, 1.807) is 0 Å². The molecule has 2 unspecified atom stereocenters. The monoisotopic (exact) mass is 334 g/mol. The highest BCUT2D eigenvalue weighted by Gasteiger charge is 2.55. The van der Waals surface area contributed by atoms with Gasteiger partial charge in [-0.3, -0.25) is 9.59 Å². The van der Waals surface area contributed by atoms with Gasteiger partial charge in [-0.1, -0.05) is 20.8 Å². The Balaban J connectivity index is 1.69. The number of hydrogen-bond donors (Lipinski definition) is 2. The Labute approximate surface area is 146 Å². The number of amides is 2. The summed E-state index contributed by atoms with van der Waals surface area (Å²) in [5, 5.41) is 6.19. The molecular weight excluding hydrogens is 300 g/mol. The maximum Gasteiger partial charge on any atom is 0.243 e. The molecule has 4 saturated carbocycles. The summed E-state index contributed by atoms with van der Waals surface area (Å²) in [5.74, 6) is 2.46. The van der Waals surface area contributed by atoms with Gasteiger partial charge >= 0.3 is 0 Å². The van der Waals surface area contributed by atoms with Crippen LogP contribution >= 0.6 is 0 Å². The first-order valence-electron chi connectivity index (χ1n) is 9.94. The molecule has 4 aliphatic carbocycles. The summed E-state index contributed by atoms with van der Waals surface area (Å²) in [6.07, 6.45) is 8.02. The molecule has 4 bridgehead atoms. The maximum atomic E-state index is 13.2. The van der Waals surface area contributed by atoms with E-state index in [0.29, 0.717) is 0 Å². The highest BCUT2D eigenvalue weighted by atomic mass is 16.2. The molecule has 2 amide bonds. The molecule has 0 aromatic heterocycles. The lowest BCUT2D eigenvalue weighted by atomic mass is 9.49. The Kier molecular flexibility index (Phi) is 4.94. The van der Waals surface area contributed by atoms with Crippen LogP contribution in [0.4, 0.5) is 0 Å². The average molecular weight is 335 g/mol. The van der Waals surface area contributed by atoms with Crippen molar-refractivity contribution in [2.24, 2.45) is 29.1 Å². The third-order valence-electron chi connectivity index (χ3n) is 6.76. The normalized spacial score (nSPS) is 36.5. The van der Waals surface area contributed by atoms with Gasteiger partial charge in [0, 0.05) is 11.5 Å². The number of hydrogen-bond acceptors (Lipinski definition) is 2. The standard InChI is InChI=1S/C20H34N2O2/c1-5-13(4)21-18(23)17(12(2)3)22-19(24)20-9-14-6-15(10-20)8-16(7-14)11-20/h12-17H,5-11H2,1-4H3,(H,21,23)(H,22,24). The molecule has 0 aliphatic heterocycles. The van der Waals surface area contributed by atoms with E-state index in [2.05, 4.69) is 17.6 Å². The zero-order valence-corrected chi connectivity index (χ0v) is 15.7. The molecule has 0 saturated heterocycles. The van der Waals surface area contributed by atoms with Gasteiger partial charge in [0.25, 0.3) is 0 Å². The molecule has 0 aromatic rings. The van der Waals surface area contributed by atoms with Crippen molar-refractivity contribution in [1.29, 1.82) is 0 Å². The molecule has 24 heavy (non-hydrogen) atoms. The summed E-state index contributed by atoms with van der Waals surface area (Å²) in [4.78, 5) is 25.8. The molecule has 2 atom stereocenters. The van der Waals surface area contributed by atoms with Crippen molar-refractivity contribution >= 4 is 11.8 Å². The zero-order chi connectivity index (χ0) is 17.5. The second-order valence-corrected chi connectivity index (χ2v) is 9.21. The predicted molar refractivity (Wildman–Crippen MR) is 95.3 cm³/mol. The van der Waals surface area contributed by atoms with Crippen molar-refractivity contribution in [3.8, 4) is 0 Å². The van der Waals surface area contributed by atoms with Crippen LogP contribution in [-0.2, 0) is 9.59 Å². The summed E-state index contributed by atoms with van der Waals surface area (Å²) in [7, 11) is 0. The summed E-state index contributed by atoms with van der Waals surface area (Å²) >= 11 is 0. The van der Waals surface area contributed by atoms with Gasteiger partial charge < -0.3 is 10.6 Å². The summed E-state index contributed by atoms with van der Waals surface area (Å²) < 4.78 is 0. The van der Waals surface area contributed by atoms with E-state index >= 15 is 0 Å². The highest BCUT2D eigenvalue weighted by molar-refractivity contribution is 5.90. The quantitative estimate of drug-likeness (QED) is 0.783. The molecule has 0 heterocycles. The number of rotatable bonds is 6. The topological polar surface area (TPSA) is 58.2 Å². The van der Waals surface area contributed by atoms with Gasteiger partial charge in [-0.2, -0.15) is 0 Å². The Morgan fingerprint density at radius 1 is 0.958 bits per heavy atom. The third kappa shape index (κ3) is 3.34. The first-order valence-corrected chi connectivity index (χ1v) is 9.94. The predicted octanol–water partition coefficient (Wildman–Crippen LogP) is 3.26. The first kappa shape index (κ1) is 17.8. The summed E-state index contributed by atoms with van der Waals surface area (Å²) in [5.41, 5.74) is -0.182. The van der Waals surface area contributed by atoms with Crippen molar-refractivity contribution < 1.29 is 9.59 Å². The molecule has 4 rings (SSSR count). The smallest absolute Gasteiger partial charge is 0.243 e. The van der Waals surface area contributed by atoms with E-state index < -0.39 is 6.04 Å². The summed E-state index contributed by atoms with van der Waals surface area (Å²) in [6.45, 7) is 8.10. The second kappa shape index (κ2) is 6.68. The van der Waals surface area contributed by atoms with Crippen LogP contribution in [0.2, 0.25) is 0 Å². The molecule has 2 N–H and O–H groups in total. The minimum Gasteiger partial charge on any atom is -0.352 e. The Morgan fingerprint density at radius 2 is 1.46 bits per heavy atom. The van der Waals surface area contributed by atoms with Crippen LogP contribution in [0.5, 0.6) is 0 Å². The maximum absolute atomic E-state index is 13.2. The van der Waals surface area contributed by atoms with Crippen LogP contribution < -0.4 is 10.6 Å². The Morgan fingerprint density at radius 3 is 1.88 bits per heavy atom. The third-order valence-corrected chi connectivity index (χ3v) is 6.76. The van der Waals surface area contributed by atoms with Crippen LogP contribution in [0.25, 0.3) is 0 Å². The Bertz CT molecular complexity index is 465. The minimum absolute atomic E-state index is 0.0302. The largest absolute Gasteiger partial charge is 0.352 e. The van der Waals surface area contributed by atoms with E-state index in [4.69, 9.17) is 0 Å². The number of carbonyl (C=O) groups excluding carboxylic acids is 2. The average Bonchev–Trinajstić information content (AvgIpc) is 2.50. The lowest BCUT2D eigenvalue weighted by molar-refractivity contribution is -0.149. The lowest BCUT2D eigenvalue weighted by Gasteiger charge is -2.55. The van der Waals surface area contributed by atoms with Crippen LogP contribution in [0.1, 0.15) is 72.6 Å². The molecule has 0 aromatic carbocycles. The minimum atomic E-state index is -0.417. The molecule has 4 nitrogen and oxygen atoms in total. The van der Waals surface area contributed by atoms with Gasteiger partial charge in [0.05, 0.1) is 0 Å².